The molecule has 1 fully saturated rings. The van der Waals surface area contributed by atoms with Gasteiger partial charge in [-0.3, -0.25) is 4.79 Å². The van der Waals surface area contributed by atoms with Gasteiger partial charge in [-0.15, -0.1) is 0 Å². The average Bonchev–Trinajstić information content (AvgIpc) is 2.52. The minimum Gasteiger partial charge on any atom is -0.495 e. The van der Waals surface area contributed by atoms with E-state index in [-0.39, 0.29) is 30.0 Å². The first kappa shape index (κ1) is 19.5. The summed E-state index contributed by atoms with van der Waals surface area (Å²) in [7, 11) is -1.87. The highest BCUT2D eigenvalue weighted by atomic mass is 32.2. The van der Waals surface area contributed by atoms with Crippen LogP contribution >= 0.6 is 0 Å². The van der Waals surface area contributed by atoms with Crippen molar-refractivity contribution in [3.05, 3.63) is 24.3 Å². The van der Waals surface area contributed by atoms with Crippen LogP contribution in [0.4, 0.5) is 5.69 Å². The van der Waals surface area contributed by atoms with Gasteiger partial charge < -0.3 is 14.5 Å². The summed E-state index contributed by atoms with van der Waals surface area (Å²) in [5.41, 5.74) is 0.749. The summed E-state index contributed by atoms with van der Waals surface area (Å²) in [5, 5.41) is 4.98. The first-order valence-corrected chi connectivity index (χ1v) is 10.0. The molecule has 0 aliphatic carbocycles. The summed E-state index contributed by atoms with van der Waals surface area (Å²) < 4.78 is 27.4. The van der Waals surface area contributed by atoms with Crippen molar-refractivity contribution in [1.82, 2.24) is 4.90 Å². The van der Waals surface area contributed by atoms with E-state index in [9.17, 15) is 13.2 Å². The van der Waals surface area contributed by atoms with E-state index >= 15 is 0 Å². The summed E-state index contributed by atoms with van der Waals surface area (Å²) in [4.78, 5) is 16.4. The molecule has 1 amide bonds. The van der Waals surface area contributed by atoms with Crippen molar-refractivity contribution in [2.24, 2.45) is 5.14 Å². The molecular weight excluding hydrogens is 342 g/mol. The van der Waals surface area contributed by atoms with Crippen LogP contribution in [0.25, 0.3) is 0 Å². The third-order valence-electron chi connectivity index (χ3n) is 4.45. The second-order valence-corrected chi connectivity index (χ2v) is 8.66. The van der Waals surface area contributed by atoms with E-state index in [4.69, 9.17) is 9.88 Å². The highest BCUT2D eigenvalue weighted by Gasteiger charge is 2.36. The molecule has 1 aliphatic rings. The van der Waals surface area contributed by atoms with E-state index in [0.29, 0.717) is 19.6 Å². The number of rotatable bonds is 6. The Labute approximate surface area is 149 Å². The molecule has 0 radical (unpaired) electrons. The molecule has 1 aromatic rings. The monoisotopic (exact) mass is 369 g/mol. The van der Waals surface area contributed by atoms with Gasteiger partial charge in [-0.05, 0) is 32.4 Å². The van der Waals surface area contributed by atoms with Gasteiger partial charge in [-0.2, -0.15) is 0 Å². The number of piperazine rings is 1. The van der Waals surface area contributed by atoms with Crippen molar-refractivity contribution < 1.29 is 17.9 Å². The van der Waals surface area contributed by atoms with Crippen LogP contribution < -0.4 is 14.8 Å². The lowest BCUT2D eigenvalue weighted by Gasteiger charge is -2.48. The van der Waals surface area contributed by atoms with Crippen molar-refractivity contribution in [3.8, 4) is 5.75 Å². The topological polar surface area (TPSA) is 92.9 Å². The smallest absolute Gasteiger partial charge is 0.222 e. The molecule has 25 heavy (non-hydrogen) atoms. The molecule has 1 heterocycles. The number of carbonyl (C=O) groups excluding carboxylic acids is 1. The number of ether oxygens (including phenoxy) is 1. The van der Waals surface area contributed by atoms with Crippen LogP contribution in [0.2, 0.25) is 0 Å². The summed E-state index contributed by atoms with van der Waals surface area (Å²) >= 11 is 0. The van der Waals surface area contributed by atoms with Gasteiger partial charge in [-0.1, -0.05) is 12.1 Å². The number of benzene rings is 1. The Kier molecular flexibility index (Phi) is 5.95. The number of nitrogens with zero attached hydrogens (tertiary/aromatic N) is 2. The molecule has 1 aromatic carbocycles. The Hall–Kier alpha value is -1.80. The Balaban J connectivity index is 2.03. The van der Waals surface area contributed by atoms with Crippen molar-refractivity contribution >= 4 is 21.6 Å². The number of primary sulfonamides is 1. The molecule has 0 aromatic heterocycles. The molecule has 0 bridgehead atoms. The van der Waals surface area contributed by atoms with E-state index in [1.54, 1.807) is 12.0 Å². The maximum atomic E-state index is 12.4. The van der Waals surface area contributed by atoms with Crippen LogP contribution in [0, 0.1) is 0 Å². The van der Waals surface area contributed by atoms with Gasteiger partial charge in [0.05, 0.1) is 24.1 Å². The number of hydrogen-bond donors (Lipinski definition) is 1. The minimum atomic E-state index is -3.52. The lowest BCUT2D eigenvalue weighted by molar-refractivity contribution is -0.132. The zero-order valence-corrected chi connectivity index (χ0v) is 15.9. The van der Waals surface area contributed by atoms with Gasteiger partial charge >= 0.3 is 0 Å². The minimum absolute atomic E-state index is 0.0311. The second-order valence-electron chi connectivity index (χ2n) is 6.92. The molecule has 140 valence electrons. The molecule has 1 aliphatic heterocycles. The van der Waals surface area contributed by atoms with E-state index in [2.05, 4.69) is 18.7 Å². The van der Waals surface area contributed by atoms with Gasteiger partial charge in [0.25, 0.3) is 0 Å². The second kappa shape index (κ2) is 7.61. The number of hydrogen-bond acceptors (Lipinski definition) is 5. The predicted octanol–water partition coefficient (Wildman–Crippen LogP) is 1.19. The zero-order valence-electron chi connectivity index (χ0n) is 15.1. The third-order valence-corrected chi connectivity index (χ3v) is 5.31. The summed E-state index contributed by atoms with van der Waals surface area (Å²) in [6.45, 7) is 6.02. The fraction of sp³-hybridized carbons (Fsp3) is 0.588. The van der Waals surface area contributed by atoms with Crippen molar-refractivity contribution in [2.75, 3.05) is 37.4 Å². The SMILES string of the molecule is COc1ccccc1N1CCN(C(=O)CCCS(N)(=O)=O)CC1(C)C. The number of para-hydroxylation sites is 2. The highest BCUT2D eigenvalue weighted by molar-refractivity contribution is 7.89. The quantitative estimate of drug-likeness (QED) is 0.813. The Morgan fingerprint density at radius 2 is 1.96 bits per heavy atom. The highest BCUT2D eigenvalue weighted by Crippen LogP contribution is 2.34. The van der Waals surface area contributed by atoms with Gasteiger partial charge in [0.1, 0.15) is 5.75 Å². The lowest BCUT2D eigenvalue weighted by Crippen LogP contribution is -2.60. The van der Waals surface area contributed by atoms with E-state index < -0.39 is 10.0 Å². The Morgan fingerprint density at radius 3 is 2.56 bits per heavy atom. The zero-order chi connectivity index (χ0) is 18.7. The van der Waals surface area contributed by atoms with Gasteiger partial charge in [0, 0.05) is 26.1 Å². The van der Waals surface area contributed by atoms with Crippen LogP contribution in [0.3, 0.4) is 0 Å². The number of carbonyl (C=O) groups is 1. The molecule has 0 saturated carbocycles. The number of sulfonamides is 1. The molecule has 1 saturated heterocycles. The van der Waals surface area contributed by atoms with Crippen LogP contribution in [-0.4, -0.2) is 57.3 Å². The van der Waals surface area contributed by atoms with Gasteiger partial charge in [-0.25, -0.2) is 13.6 Å². The number of methoxy groups -OCH3 is 1. The molecule has 7 nitrogen and oxygen atoms in total. The molecular formula is C17H27N3O4S. The van der Waals surface area contributed by atoms with Crippen molar-refractivity contribution in [2.45, 2.75) is 32.2 Å². The maximum absolute atomic E-state index is 12.4. The molecule has 2 N–H and O–H groups in total. The third kappa shape index (κ3) is 5.09. The largest absolute Gasteiger partial charge is 0.495 e. The van der Waals surface area contributed by atoms with Crippen LogP contribution in [0.5, 0.6) is 5.75 Å². The molecule has 8 heteroatoms. The van der Waals surface area contributed by atoms with E-state index in [1.165, 1.54) is 0 Å². The number of amides is 1. The molecule has 0 atom stereocenters. The summed E-state index contributed by atoms with van der Waals surface area (Å²) in [6.07, 6.45) is 0.450. The van der Waals surface area contributed by atoms with Crippen LogP contribution in [-0.2, 0) is 14.8 Å². The fourth-order valence-corrected chi connectivity index (χ4v) is 3.80. The number of anilines is 1. The van der Waals surface area contributed by atoms with Crippen molar-refractivity contribution in [1.29, 1.82) is 0 Å². The Bertz CT molecular complexity index is 718. The van der Waals surface area contributed by atoms with E-state index in [1.807, 2.05) is 24.3 Å². The molecule has 2 rings (SSSR count). The Morgan fingerprint density at radius 1 is 1.28 bits per heavy atom. The van der Waals surface area contributed by atoms with Gasteiger partial charge in [0.15, 0.2) is 0 Å². The summed E-state index contributed by atoms with van der Waals surface area (Å²) in [5.74, 6) is 0.614. The molecule has 0 spiro atoms. The van der Waals surface area contributed by atoms with Crippen LogP contribution in [0.15, 0.2) is 24.3 Å². The standard InChI is InChI=1S/C17H27N3O4S/c1-17(2)13-19(16(21)9-6-12-25(18,22)23)10-11-20(17)14-7-4-5-8-15(14)24-3/h4-5,7-8H,6,9-13H2,1-3H3,(H2,18,22,23). The predicted molar refractivity (Wildman–Crippen MR) is 98.2 cm³/mol. The first-order chi connectivity index (χ1) is 11.6. The summed E-state index contributed by atoms with van der Waals surface area (Å²) in [6, 6.07) is 7.85. The van der Waals surface area contributed by atoms with E-state index in [0.717, 1.165) is 11.4 Å². The van der Waals surface area contributed by atoms with Crippen molar-refractivity contribution in [3.63, 3.8) is 0 Å². The fourth-order valence-electron chi connectivity index (χ4n) is 3.25. The maximum Gasteiger partial charge on any atom is 0.222 e. The lowest BCUT2D eigenvalue weighted by atomic mass is 9.97. The first-order valence-electron chi connectivity index (χ1n) is 8.33. The van der Waals surface area contributed by atoms with Gasteiger partial charge in [0.2, 0.25) is 15.9 Å². The normalized spacial score (nSPS) is 17.4. The van der Waals surface area contributed by atoms with Crippen LogP contribution in [0.1, 0.15) is 26.7 Å². The average molecular weight is 369 g/mol. The molecule has 0 unspecified atom stereocenters. The number of nitrogens with two attached hydrogens (primary N) is 1.